The van der Waals surface area contributed by atoms with Gasteiger partial charge < -0.3 is 0 Å². The Balaban J connectivity index is 0.000000141. The molecule has 0 amide bonds. The van der Waals surface area contributed by atoms with E-state index in [1.807, 2.05) is 79.6 Å². The normalized spacial score (nSPS) is 11.6. The molecule has 10 nitrogen and oxygen atoms in total. The Morgan fingerprint density at radius 2 is 0.538 bits per heavy atom. The maximum Gasteiger partial charge on any atom is 0.0972 e. The summed E-state index contributed by atoms with van der Waals surface area (Å²) in [6.07, 6.45) is 11.3. The molecule has 0 spiro atoms. The van der Waals surface area contributed by atoms with Gasteiger partial charge in [0.25, 0.3) is 0 Å². The van der Waals surface area contributed by atoms with Crippen LogP contribution in [0.4, 0.5) is 0 Å². The molecule has 11 aromatic carbocycles. The minimum atomic E-state index is 0.903. The zero-order valence-corrected chi connectivity index (χ0v) is 57.0. The lowest BCUT2D eigenvalue weighted by atomic mass is 9.96. The Labute approximate surface area is 608 Å². The number of nitrogens with zero attached hydrogens (tertiary/aromatic N) is 10. The number of pyridine rings is 10. The maximum atomic E-state index is 5.15. The van der Waals surface area contributed by atoms with Crippen LogP contribution < -0.4 is 0 Å². The molecule has 106 heavy (non-hydrogen) atoms. The van der Waals surface area contributed by atoms with Gasteiger partial charge in [-0.15, -0.1) is 0 Å². The van der Waals surface area contributed by atoms with Gasteiger partial charge in [0.1, 0.15) is 0 Å². The summed E-state index contributed by atoms with van der Waals surface area (Å²) >= 11 is 0. The number of rotatable bonds is 9. The smallest absolute Gasteiger partial charge is 0.0972 e. The van der Waals surface area contributed by atoms with E-state index < -0.39 is 0 Å². The summed E-state index contributed by atoms with van der Waals surface area (Å²) in [6.45, 7) is 0. The predicted octanol–water partition coefficient (Wildman–Crippen LogP) is 23.9. The van der Waals surface area contributed by atoms with Gasteiger partial charge in [0.2, 0.25) is 0 Å². The molecule has 0 fully saturated rings. The molecule has 0 aliphatic carbocycles. The summed E-state index contributed by atoms with van der Waals surface area (Å²) < 4.78 is 0. The lowest BCUT2D eigenvalue weighted by molar-refractivity contribution is 1.33. The largest absolute Gasteiger partial charge is 0.263 e. The van der Waals surface area contributed by atoms with Gasteiger partial charge in [-0.25, -0.2) is 29.9 Å². The van der Waals surface area contributed by atoms with Crippen LogP contribution in [-0.4, -0.2) is 49.8 Å². The van der Waals surface area contributed by atoms with Crippen molar-refractivity contribution in [2.24, 2.45) is 0 Å². The summed E-state index contributed by atoms with van der Waals surface area (Å²) in [5.74, 6) is 0. The fourth-order valence-electron chi connectivity index (χ4n) is 14.8. The first-order valence-corrected chi connectivity index (χ1v) is 35.4. The molecule has 0 N–H and O–H groups in total. The first kappa shape index (κ1) is 61.4. The molecule has 0 radical (unpaired) electrons. The third-order valence-corrected chi connectivity index (χ3v) is 20.3. The van der Waals surface area contributed by atoms with Gasteiger partial charge >= 0.3 is 0 Å². The average molecular weight is 1350 g/mol. The van der Waals surface area contributed by atoms with Crippen molar-refractivity contribution in [3.63, 3.8) is 0 Å². The van der Waals surface area contributed by atoms with Crippen LogP contribution >= 0.6 is 0 Å². The van der Waals surface area contributed by atoms with Crippen LogP contribution in [0.5, 0.6) is 0 Å². The Hall–Kier alpha value is -14.5. The van der Waals surface area contributed by atoms with Crippen molar-refractivity contribution in [2.45, 2.75) is 0 Å². The number of fused-ring (bicyclic) bond motifs is 12. The molecule has 0 saturated carbocycles. The van der Waals surface area contributed by atoms with Gasteiger partial charge in [-0.3, -0.25) is 19.9 Å². The summed E-state index contributed by atoms with van der Waals surface area (Å²) in [5.41, 5.74) is 26.1. The van der Waals surface area contributed by atoms with Crippen molar-refractivity contribution in [3.8, 4) is 101 Å². The van der Waals surface area contributed by atoms with Gasteiger partial charge in [0.15, 0.2) is 0 Å². The highest BCUT2D eigenvalue weighted by molar-refractivity contribution is 6.11. The highest BCUT2D eigenvalue weighted by Crippen LogP contribution is 2.39. The van der Waals surface area contributed by atoms with E-state index in [0.29, 0.717) is 0 Å². The van der Waals surface area contributed by atoms with Crippen LogP contribution in [0, 0.1) is 0 Å². The van der Waals surface area contributed by atoms with E-state index in [1.165, 1.54) is 0 Å². The second-order valence-corrected chi connectivity index (χ2v) is 26.8. The molecule has 10 aromatic heterocycles. The fraction of sp³-hybridized carbons (Fsp3) is 0. The predicted molar refractivity (Wildman–Crippen MR) is 435 cm³/mol. The number of benzene rings is 11. The SMILES string of the molecule is c1ccc(-c2ccc3ccc4ccc(-c5ccc(-c6ccc7cc(-c8ccc9ccc(-c%10cncc%11ccccc%10%11)nc9c8)ccc7n6)cc5)nc4c3n2)cc1.c1ccc2c(-c3ccc4ccc(-c5ccc6nc(-c7ccc(-c8cc9cccnc9c9ncccc89)cc7)ccc6c5)cc4n3)cncc2c1. The van der Waals surface area contributed by atoms with Gasteiger partial charge in [-0.05, 0) is 135 Å². The average Bonchev–Trinajstić information content (AvgIpc) is 0.772. The van der Waals surface area contributed by atoms with Crippen molar-refractivity contribution < 1.29 is 0 Å². The van der Waals surface area contributed by atoms with Crippen LogP contribution in [0.25, 0.3) is 210 Å². The molecule has 0 aliphatic rings. The van der Waals surface area contributed by atoms with Crippen molar-refractivity contribution in [2.75, 3.05) is 0 Å². The van der Waals surface area contributed by atoms with E-state index >= 15 is 0 Å². The van der Waals surface area contributed by atoms with Crippen molar-refractivity contribution in [3.05, 3.63) is 353 Å². The molecule has 10 heterocycles. The molecule has 0 bridgehead atoms. The zero-order chi connectivity index (χ0) is 70.0. The van der Waals surface area contributed by atoms with Gasteiger partial charge in [-0.2, -0.15) is 0 Å². The number of hydrogen-bond donors (Lipinski definition) is 0. The van der Waals surface area contributed by atoms with Crippen molar-refractivity contribution in [1.29, 1.82) is 0 Å². The van der Waals surface area contributed by atoms with Crippen LogP contribution in [0.2, 0.25) is 0 Å². The first-order valence-electron chi connectivity index (χ1n) is 35.4. The quantitative estimate of drug-likeness (QED) is 0.129. The van der Waals surface area contributed by atoms with Crippen molar-refractivity contribution in [1.82, 2.24) is 49.8 Å². The molecule has 21 rings (SSSR count). The summed E-state index contributed by atoms with van der Waals surface area (Å²) in [5, 5.41) is 13.2. The Morgan fingerprint density at radius 3 is 1.08 bits per heavy atom. The highest BCUT2D eigenvalue weighted by Gasteiger charge is 2.17. The number of aromatic nitrogens is 10. The third-order valence-electron chi connectivity index (χ3n) is 20.3. The van der Waals surface area contributed by atoms with Crippen LogP contribution in [0.3, 0.4) is 0 Å². The molecule has 0 saturated heterocycles. The van der Waals surface area contributed by atoms with Crippen LogP contribution in [0.1, 0.15) is 0 Å². The highest BCUT2D eigenvalue weighted by atomic mass is 14.8. The second kappa shape index (κ2) is 25.8. The van der Waals surface area contributed by atoms with Crippen LogP contribution in [0.15, 0.2) is 353 Å². The van der Waals surface area contributed by atoms with E-state index in [1.54, 1.807) is 0 Å². The lowest BCUT2D eigenvalue weighted by Gasteiger charge is -2.11. The van der Waals surface area contributed by atoms with Crippen LogP contribution in [-0.2, 0) is 0 Å². The third kappa shape index (κ3) is 11.4. The summed E-state index contributed by atoms with van der Waals surface area (Å²) in [6, 6.07) is 110. The standard InChI is InChI=1S/C51H31N5.C45H27N5/c1-2-6-32(7-3-1)45-23-19-36-15-16-37-20-24-46(56-51(37)50(36)55-45)34-12-10-33(11-13-34)44-26-22-40-28-38(21-25-47(40)53-44)39-17-14-35-18-27-48(54-49(35)29-39)43-31-52-30-41-8-4-5-9-42(41)43;1-2-7-36-35(5-1)26-46-27-39(36)42-20-15-30-13-14-32(25-43(30)50-42)31-16-18-41-33(23-31)17-19-40(49-41)29-11-9-28(10-12-29)38-24-34-6-3-21-47-44(34)45-37(38)8-4-22-48-45/h1-31H;1-27H. The van der Waals surface area contributed by atoms with E-state index in [-0.39, 0.29) is 0 Å². The first-order chi connectivity index (χ1) is 52.4. The van der Waals surface area contributed by atoms with Crippen molar-refractivity contribution >= 4 is 109 Å². The molecular formula is C96H58N10. The zero-order valence-electron chi connectivity index (χ0n) is 57.0. The maximum absolute atomic E-state index is 5.15. The minimum Gasteiger partial charge on any atom is -0.263 e. The van der Waals surface area contributed by atoms with Gasteiger partial charge in [0, 0.05) is 124 Å². The van der Waals surface area contributed by atoms with E-state index in [4.69, 9.17) is 29.9 Å². The molecule has 10 heteroatoms. The summed E-state index contributed by atoms with van der Waals surface area (Å²) in [4.78, 5) is 48.8. The Morgan fingerprint density at radius 1 is 0.170 bits per heavy atom. The summed E-state index contributed by atoms with van der Waals surface area (Å²) in [7, 11) is 0. The molecule has 492 valence electrons. The Bertz CT molecular complexity index is 7080. The fourth-order valence-corrected chi connectivity index (χ4v) is 14.8. The number of hydrogen-bond acceptors (Lipinski definition) is 10. The molecule has 0 unspecified atom stereocenters. The molecule has 0 aliphatic heterocycles. The molecule has 0 atom stereocenters. The Kier molecular flexibility index (Phi) is 15.0. The monoisotopic (exact) mass is 1350 g/mol. The molecule has 21 aromatic rings. The lowest BCUT2D eigenvalue weighted by Crippen LogP contribution is -1.91. The van der Waals surface area contributed by atoms with E-state index in [0.717, 1.165) is 210 Å². The van der Waals surface area contributed by atoms with E-state index in [2.05, 4.69) is 293 Å². The van der Waals surface area contributed by atoms with E-state index in [9.17, 15) is 0 Å². The van der Waals surface area contributed by atoms with Gasteiger partial charge in [0.05, 0.1) is 78.3 Å². The topological polar surface area (TPSA) is 129 Å². The molecular weight excluding hydrogens is 1290 g/mol. The second-order valence-electron chi connectivity index (χ2n) is 26.8. The minimum absolute atomic E-state index is 0.903. The van der Waals surface area contributed by atoms with Gasteiger partial charge in [-0.1, -0.05) is 224 Å².